The van der Waals surface area contributed by atoms with Crippen LogP contribution in [-0.2, 0) is 11.2 Å². The number of benzene rings is 3. The molecule has 0 spiro atoms. The van der Waals surface area contributed by atoms with E-state index in [0.29, 0.717) is 50.4 Å². The number of methoxy groups -OCH3 is 1. The predicted octanol–water partition coefficient (Wildman–Crippen LogP) is 5.53. The van der Waals surface area contributed by atoms with Gasteiger partial charge in [0.2, 0.25) is 0 Å². The minimum absolute atomic E-state index is 0.285. The van der Waals surface area contributed by atoms with E-state index in [1.807, 2.05) is 13.0 Å². The molecule has 8 nitrogen and oxygen atoms in total. The Balaban J connectivity index is 1.57. The first kappa shape index (κ1) is 26.5. The SMILES string of the molecule is CCc1nc2ccc(Br)cc2c(=O)n1N=Cc1cc(OC)c(OCC(=O)Nc2cccc(F)c2)cc1Br. The molecule has 0 aliphatic heterocycles. The number of hydrogen-bond acceptors (Lipinski definition) is 6. The average Bonchev–Trinajstić information content (AvgIpc) is 2.87. The molecule has 3 aromatic carbocycles. The van der Waals surface area contributed by atoms with E-state index < -0.39 is 11.7 Å². The first-order valence-electron chi connectivity index (χ1n) is 11.1. The van der Waals surface area contributed by atoms with Crippen molar-refractivity contribution in [3.05, 3.63) is 91.1 Å². The van der Waals surface area contributed by atoms with Gasteiger partial charge >= 0.3 is 0 Å². The number of rotatable bonds is 8. The zero-order chi connectivity index (χ0) is 26.5. The first-order chi connectivity index (χ1) is 17.8. The van der Waals surface area contributed by atoms with Crippen LogP contribution in [0.4, 0.5) is 10.1 Å². The van der Waals surface area contributed by atoms with Gasteiger partial charge < -0.3 is 14.8 Å². The highest BCUT2D eigenvalue weighted by atomic mass is 79.9. The van der Waals surface area contributed by atoms with E-state index in [0.717, 1.165) is 4.47 Å². The molecule has 0 saturated heterocycles. The van der Waals surface area contributed by atoms with E-state index >= 15 is 0 Å². The summed E-state index contributed by atoms with van der Waals surface area (Å²) in [7, 11) is 1.47. The molecule has 190 valence electrons. The Morgan fingerprint density at radius 1 is 1.16 bits per heavy atom. The van der Waals surface area contributed by atoms with E-state index in [9.17, 15) is 14.0 Å². The summed E-state index contributed by atoms with van der Waals surface area (Å²) in [6, 6.07) is 14.2. The van der Waals surface area contributed by atoms with E-state index in [4.69, 9.17) is 9.47 Å². The summed E-state index contributed by atoms with van der Waals surface area (Å²) in [5.41, 5.74) is 1.25. The Labute approximate surface area is 228 Å². The van der Waals surface area contributed by atoms with Crippen molar-refractivity contribution in [1.29, 1.82) is 0 Å². The van der Waals surface area contributed by atoms with Crippen LogP contribution in [0, 0.1) is 5.82 Å². The molecule has 37 heavy (non-hydrogen) atoms. The molecule has 0 radical (unpaired) electrons. The monoisotopic (exact) mass is 630 g/mol. The Kier molecular flexibility index (Phi) is 8.34. The van der Waals surface area contributed by atoms with Crippen molar-refractivity contribution in [2.45, 2.75) is 13.3 Å². The first-order valence-corrected chi connectivity index (χ1v) is 12.7. The lowest BCUT2D eigenvalue weighted by Gasteiger charge is -2.13. The van der Waals surface area contributed by atoms with Gasteiger partial charge in [0.25, 0.3) is 11.5 Å². The van der Waals surface area contributed by atoms with Gasteiger partial charge in [-0.3, -0.25) is 9.59 Å². The summed E-state index contributed by atoms with van der Waals surface area (Å²) in [6.07, 6.45) is 2.02. The van der Waals surface area contributed by atoms with Crippen molar-refractivity contribution >= 4 is 60.6 Å². The molecule has 4 rings (SSSR count). The molecule has 0 atom stereocenters. The van der Waals surface area contributed by atoms with Crippen LogP contribution < -0.4 is 20.3 Å². The average molecular weight is 632 g/mol. The molecule has 1 heterocycles. The standard InChI is InChI=1S/C26H21Br2FN4O4/c1-3-24-32-21-8-7-16(27)10-19(21)26(35)33(24)30-13-15-9-22(36-2)23(12-20(15)28)37-14-25(34)31-18-6-4-5-17(29)11-18/h4-13H,3,14H2,1-2H3,(H,31,34). The molecular weight excluding hydrogens is 611 g/mol. The number of aromatic nitrogens is 2. The van der Waals surface area contributed by atoms with Gasteiger partial charge in [-0.05, 0) is 64.5 Å². The number of fused-ring (bicyclic) bond motifs is 1. The van der Waals surface area contributed by atoms with Crippen LogP contribution in [0.1, 0.15) is 18.3 Å². The summed E-state index contributed by atoms with van der Waals surface area (Å²) in [4.78, 5) is 29.9. The Hall–Kier alpha value is -3.57. The van der Waals surface area contributed by atoms with Gasteiger partial charge in [0.15, 0.2) is 18.1 Å². The van der Waals surface area contributed by atoms with Crippen molar-refractivity contribution in [1.82, 2.24) is 9.66 Å². The van der Waals surface area contributed by atoms with E-state index in [1.165, 1.54) is 36.2 Å². The van der Waals surface area contributed by atoms with Crippen LogP contribution in [0.2, 0.25) is 0 Å². The number of ether oxygens (including phenoxy) is 2. The predicted molar refractivity (Wildman–Crippen MR) is 147 cm³/mol. The molecule has 0 aliphatic carbocycles. The van der Waals surface area contributed by atoms with Crippen molar-refractivity contribution in [2.24, 2.45) is 5.10 Å². The lowest BCUT2D eigenvalue weighted by molar-refractivity contribution is -0.118. The second-order valence-electron chi connectivity index (χ2n) is 7.78. The largest absolute Gasteiger partial charge is 0.493 e. The van der Waals surface area contributed by atoms with Gasteiger partial charge in [-0.25, -0.2) is 9.37 Å². The third-order valence-electron chi connectivity index (χ3n) is 5.25. The minimum Gasteiger partial charge on any atom is -0.493 e. The zero-order valence-corrected chi connectivity index (χ0v) is 23.0. The number of anilines is 1. The maximum absolute atomic E-state index is 13.3. The quantitative estimate of drug-likeness (QED) is 0.258. The van der Waals surface area contributed by atoms with Crippen LogP contribution in [0.25, 0.3) is 10.9 Å². The third-order valence-corrected chi connectivity index (χ3v) is 6.43. The molecule has 1 N–H and O–H groups in total. The fraction of sp³-hybridized carbons (Fsp3) is 0.154. The molecule has 0 aliphatic rings. The van der Waals surface area contributed by atoms with Crippen molar-refractivity contribution in [3.8, 4) is 11.5 Å². The highest BCUT2D eigenvalue weighted by molar-refractivity contribution is 9.10. The van der Waals surface area contributed by atoms with Crippen LogP contribution in [-0.4, -0.2) is 35.5 Å². The van der Waals surface area contributed by atoms with Gasteiger partial charge in [0, 0.05) is 26.6 Å². The number of carbonyl (C=O) groups excluding carboxylic acids is 1. The summed E-state index contributed by atoms with van der Waals surface area (Å²) < 4.78 is 27.0. The minimum atomic E-state index is -0.462. The van der Waals surface area contributed by atoms with E-state index in [2.05, 4.69) is 47.3 Å². The van der Waals surface area contributed by atoms with Gasteiger partial charge in [-0.1, -0.05) is 28.9 Å². The topological polar surface area (TPSA) is 94.8 Å². The molecule has 0 saturated carbocycles. The fourth-order valence-electron chi connectivity index (χ4n) is 3.49. The van der Waals surface area contributed by atoms with Crippen LogP contribution in [0.5, 0.6) is 11.5 Å². The van der Waals surface area contributed by atoms with E-state index in [-0.39, 0.29) is 12.2 Å². The number of carbonyl (C=O) groups is 1. The number of nitrogens with zero attached hydrogens (tertiary/aromatic N) is 3. The van der Waals surface area contributed by atoms with Gasteiger partial charge in [-0.15, -0.1) is 0 Å². The smallest absolute Gasteiger partial charge is 0.282 e. The second kappa shape index (κ2) is 11.7. The maximum Gasteiger partial charge on any atom is 0.282 e. The summed E-state index contributed by atoms with van der Waals surface area (Å²) in [5.74, 6) is 0.262. The highest BCUT2D eigenvalue weighted by Crippen LogP contribution is 2.33. The molecular formula is C26H21Br2FN4O4. The van der Waals surface area contributed by atoms with Crippen LogP contribution in [0.3, 0.4) is 0 Å². The maximum atomic E-state index is 13.3. The molecule has 0 fully saturated rings. The molecule has 0 unspecified atom stereocenters. The van der Waals surface area contributed by atoms with Gasteiger partial charge in [0.05, 0.1) is 24.2 Å². The van der Waals surface area contributed by atoms with Crippen LogP contribution in [0.15, 0.2) is 73.4 Å². The fourth-order valence-corrected chi connectivity index (χ4v) is 4.28. The number of nitrogens with one attached hydrogen (secondary N) is 1. The van der Waals surface area contributed by atoms with Crippen molar-refractivity contribution < 1.29 is 18.7 Å². The molecule has 0 bridgehead atoms. The Morgan fingerprint density at radius 2 is 1.97 bits per heavy atom. The summed E-state index contributed by atoms with van der Waals surface area (Å²) in [6.45, 7) is 1.58. The van der Waals surface area contributed by atoms with Gasteiger partial charge in [-0.2, -0.15) is 9.78 Å². The van der Waals surface area contributed by atoms with Gasteiger partial charge in [0.1, 0.15) is 11.6 Å². The Bertz CT molecular complexity index is 1570. The lowest BCUT2D eigenvalue weighted by Crippen LogP contribution is -2.22. The summed E-state index contributed by atoms with van der Waals surface area (Å²) >= 11 is 6.87. The summed E-state index contributed by atoms with van der Waals surface area (Å²) in [5, 5.41) is 7.41. The third kappa shape index (κ3) is 6.23. The normalized spacial score (nSPS) is 11.2. The number of hydrogen-bond donors (Lipinski definition) is 1. The second-order valence-corrected chi connectivity index (χ2v) is 9.55. The molecule has 1 aromatic heterocycles. The Morgan fingerprint density at radius 3 is 2.70 bits per heavy atom. The van der Waals surface area contributed by atoms with Crippen molar-refractivity contribution in [2.75, 3.05) is 19.0 Å². The number of halogens is 3. The highest BCUT2D eigenvalue weighted by Gasteiger charge is 2.13. The number of aryl methyl sites for hydroxylation is 1. The van der Waals surface area contributed by atoms with E-state index in [1.54, 1.807) is 30.3 Å². The molecule has 11 heteroatoms. The lowest BCUT2D eigenvalue weighted by atomic mass is 10.2. The number of amides is 1. The van der Waals surface area contributed by atoms with Crippen LogP contribution >= 0.6 is 31.9 Å². The zero-order valence-electron chi connectivity index (χ0n) is 19.8. The molecule has 1 amide bonds. The van der Waals surface area contributed by atoms with Crippen molar-refractivity contribution in [3.63, 3.8) is 0 Å². The molecule has 4 aromatic rings.